The number of para-hydroxylation sites is 1. The summed E-state index contributed by atoms with van der Waals surface area (Å²) in [6.45, 7) is 8.25. The van der Waals surface area contributed by atoms with E-state index in [-0.39, 0.29) is 0 Å². The summed E-state index contributed by atoms with van der Waals surface area (Å²) in [4.78, 5) is 4.48. The van der Waals surface area contributed by atoms with Crippen LogP contribution in [0.4, 0.5) is 5.69 Å². The monoisotopic (exact) mass is 187 g/mol. The van der Waals surface area contributed by atoms with E-state index < -0.39 is 0 Å². The third-order valence-corrected chi connectivity index (χ3v) is 2.29. The van der Waals surface area contributed by atoms with Crippen LogP contribution >= 0.6 is 0 Å². The van der Waals surface area contributed by atoms with Crippen LogP contribution in [0.1, 0.15) is 25.0 Å². The fourth-order valence-electron chi connectivity index (χ4n) is 1.25. The number of benzene rings is 1. The van der Waals surface area contributed by atoms with Crippen LogP contribution in [0.15, 0.2) is 34.8 Å². The van der Waals surface area contributed by atoms with Crippen LogP contribution in [0.2, 0.25) is 0 Å². The molecular weight excluding hydrogens is 170 g/mol. The zero-order chi connectivity index (χ0) is 10.6. The number of rotatable bonds is 2. The second kappa shape index (κ2) is 4.75. The van der Waals surface area contributed by atoms with Crippen LogP contribution in [0.5, 0.6) is 0 Å². The molecule has 0 aliphatic carbocycles. The molecule has 1 nitrogen and oxygen atoms in total. The minimum absolute atomic E-state index is 1.09. The van der Waals surface area contributed by atoms with Crippen molar-refractivity contribution in [2.45, 2.75) is 27.7 Å². The lowest BCUT2D eigenvalue weighted by Crippen LogP contribution is -1.81. The number of aliphatic imine (C=N–C) groups is 1. The lowest BCUT2D eigenvalue weighted by molar-refractivity contribution is 1.33. The summed E-state index contributed by atoms with van der Waals surface area (Å²) in [5, 5.41) is 0. The summed E-state index contributed by atoms with van der Waals surface area (Å²) in [5.74, 6) is 0. The Morgan fingerprint density at radius 2 is 1.79 bits per heavy atom. The van der Waals surface area contributed by atoms with Gasteiger partial charge < -0.3 is 0 Å². The highest BCUT2D eigenvalue weighted by atomic mass is 14.7. The Labute approximate surface area is 86.2 Å². The van der Waals surface area contributed by atoms with E-state index in [1.54, 1.807) is 0 Å². The molecule has 0 radical (unpaired) electrons. The molecule has 0 amide bonds. The van der Waals surface area contributed by atoms with Gasteiger partial charge in [-0.05, 0) is 44.4 Å². The molecule has 1 rings (SSSR count). The van der Waals surface area contributed by atoms with Crippen LogP contribution in [0.3, 0.4) is 0 Å². The van der Waals surface area contributed by atoms with E-state index in [2.05, 4.69) is 50.0 Å². The van der Waals surface area contributed by atoms with E-state index in [9.17, 15) is 0 Å². The van der Waals surface area contributed by atoms with Crippen LogP contribution in [0, 0.1) is 13.8 Å². The summed E-state index contributed by atoms with van der Waals surface area (Å²) in [6, 6.07) is 6.24. The average Bonchev–Trinajstić information content (AvgIpc) is 2.16. The van der Waals surface area contributed by atoms with E-state index in [1.165, 1.54) is 16.7 Å². The predicted molar refractivity (Wildman–Crippen MR) is 63.5 cm³/mol. The number of aryl methyl sites for hydroxylation is 2. The first-order valence-electron chi connectivity index (χ1n) is 4.88. The van der Waals surface area contributed by atoms with Crippen molar-refractivity contribution in [3.8, 4) is 0 Å². The summed E-state index contributed by atoms with van der Waals surface area (Å²) >= 11 is 0. The van der Waals surface area contributed by atoms with Gasteiger partial charge in [-0.15, -0.1) is 0 Å². The zero-order valence-corrected chi connectivity index (χ0v) is 9.33. The Morgan fingerprint density at radius 1 is 1.21 bits per heavy atom. The van der Waals surface area contributed by atoms with Crippen LogP contribution < -0.4 is 0 Å². The average molecular weight is 187 g/mol. The van der Waals surface area contributed by atoms with Gasteiger partial charge in [-0.1, -0.05) is 24.3 Å². The third-order valence-electron chi connectivity index (χ3n) is 2.29. The molecular formula is C13H17N. The van der Waals surface area contributed by atoms with Crippen LogP contribution in [0.25, 0.3) is 0 Å². The van der Waals surface area contributed by atoms with Crippen LogP contribution in [-0.4, -0.2) is 6.21 Å². The topological polar surface area (TPSA) is 12.4 Å². The Bertz CT molecular complexity index is 353. The predicted octanol–water partition coefficient (Wildman–Crippen LogP) is 3.97. The minimum atomic E-state index is 1.09. The Hall–Kier alpha value is -1.37. The van der Waals surface area contributed by atoms with E-state index in [0.717, 1.165) is 5.69 Å². The molecule has 74 valence electrons. The van der Waals surface area contributed by atoms with Crippen molar-refractivity contribution < 1.29 is 0 Å². The van der Waals surface area contributed by atoms with Gasteiger partial charge in [0.05, 0.1) is 5.69 Å². The smallest absolute Gasteiger partial charge is 0.0688 e. The van der Waals surface area contributed by atoms with Gasteiger partial charge in [0, 0.05) is 6.21 Å². The SMILES string of the molecule is C/C=C(/C)C=Nc1c(C)cccc1C. The first-order chi connectivity index (χ1) is 6.65. The molecule has 0 aromatic heterocycles. The molecule has 0 saturated heterocycles. The molecule has 0 aliphatic rings. The molecule has 0 aliphatic heterocycles. The number of allylic oxidation sites excluding steroid dienone is 2. The van der Waals surface area contributed by atoms with E-state index in [0.29, 0.717) is 0 Å². The maximum atomic E-state index is 4.48. The summed E-state index contributed by atoms with van der Waals surface area (Å²) in [5.41, 5.74) is 4.73. The largest absolute Gasteiger partial charge is 0.256 e. The molecule has 0 spiro atoms. The van der Waals surface area contributed by atoms with Crippen molar-refractivity contribution in [1.29, 1.82) is 0 Å². The van der Waals surface area contributed by atoms with E-state index >= 15 is 0 Å². The van der Waals surface area contributed by atoms with Gasteiger partial charge in [0.25, 0.3) is 0 Å². The molecule has 0 bridgehead atoms. The number of nitrogens with zero attached hydrogens (tertiary/aromatic N) is 1. The normalized spacial score (nSPS) is 12.4. The van der Waals surface area contributed by atoms with Crippen molar-refractivity contribution in [3.05, 3.63) is 41.0 Å². The fraction of sp³-hybridized carbons (Fsp3) is 0.308. The quantitative estimate of drug-likeness (QED) is 0.621. The highest BCUT2D eigenvalue weighted by molar-refractivity contribution is 5.81. The lowest BCUT2D eigenvalue weighted by atomic mass is 10.1. The Morgan fingerprint density at radius 3 is 2.29 bits per heavy atom. The van der Waals surface area contributed by atoms with Gasteiger partial charge in [-0.2, -0.15) is 0 Å². The van der Waals surface area contributed by atoms with E-state index in [1.807, 2.05) is 13.1 Å². The number of hydrogen-bond donors (Lipinski definition) is 0. The highest BCUT2D eigenvalue weighted by Crippen LogP contribution is 2.22. The summed E-state index contributed by atoms with van der Waals surface area (Å²) < 4.78 is 0. The first kappa shape index (κ1) is 10.7. The third kappa shape index (κ3) is 2.56. The standard InChI is InChI=1S/C13H17N/c1-5-10(2)9-14-13-11(3)7-6-8-12(13)4/h5-9H,1-4H3/b10-5-,14-9?. The molecule has 0 saturated carbocycles. The van der Waals surface area contributed by atoms with Crippen molar-refractivity contribution in [2.75, 3.05) is 0 Å². The number of hydrogen-bond acceptors (Lipinski definition) is 1. The molecule has 1 aromatic carbocycles. The fourth-order valence-corrected chi connectivity index (χ4v) is 1.25. The summed E-state index contributed by atoms with van der Waals surface area (Å²) in [7, 11) is 0. The van der Waals surface area contributed by atoms with Gasteiger partial charge in [0.1, 0.15) is 0 Å². The summed E-state index contributed by atoms with van der Waals surface area (Å²) in [6.07, 6.45) is 3.96. The maximum Gasteiger partial charge on any atom is 0.0688 e. The highest BCUT2D eigenvalue weighted by Gasteiger charge is 1.97. The van der Waals surface area contributed by atoms with Gasteiger partial charge in [-0.25, -0.2) is 0 Å². The second-order valence-corrected chi connectivity index (χ2v) is 3.53. The zero-order valence-electron chi connectivity index (χ0n) is 9.33. The van der Waals surface area contributed by atoms with Gasteiger partial charge >= 0.3 is 0 Å². The first-order valence-corrected chi connectivity index (χ1v) is 4.88. The van der Waals surface area contributed by atoms with Crippen molar-refractivity contribution in [3.63, 3.8) is 0 Å². The van der Waals surface area contributed by atoms with Gasteiger partial charge in [0.2, 0.25) is 0 Å². The van der Waals surface area contributed by atoms with E-state index in [4.69, 9.17) is 0 Å². The maximum absolute atomic E-state index is 4.48. The molecule has 1 heteroatoms. The molecule has 0 N–H and O–H groups in total. The van der Waals surface area contributed by atoms with Gasteiger partial charge in [-0.3, -0.25) is 4.99 Å². The van der Waals surface area contributed by atoms with Crippen LogP contribution in [-0.2, 0) is 0 Å². The van der Waals surface area contributed by atoms with Gasteiger partial charge in [0.15, 0.2) is 0 Å². The Kier molecular flexibility index (Phi) is 3.63. The van der Waals surface area contributed by atoms with Crippen molar-refractivity contribution in [2.24, 2.45) is 4.99 Å². The molecule has 0 unspecified atom stereocenters. The molecule has 0 heterocycles. The molecule has 0 atom stereocenters. The lowest BCUT2D eigenvalue weighted by Gasteiger charge is -2.03. The molecule has 14 heavy (non-hydrogen) atoms. The minimum Gasteiger partial charge on any atom is -0.256 e. The molecule has 1 aromatic rings. The molecule has 0 fully saturated rings. The van der Waals surface area contributed by atoms with Crippen molar-refractivity contribution >= 4 is 11.9 Å². The van der Waals surface area contributed by atoms with Crippen molar-refractivity contribution in [1.82, 2.24) is 0 Å². The second-order valence-electron chi connectivity index (χ2n) is 3.53. The Balaban J connectivity index is 3.02.